The smallest absolute Gasteiger partial charge is 0.136 e. The molecule has 2 heterocycles. The zero-order chi connectivity index (χ0) is 40.5. The molecule has 9 aromatic carbocycles. The van der Waals surface area contributed by atoms with E-state index in [1.54, 1.807) is 0 Å². The summed E-state index contributed by atoms with van der Waals surface area (Å²) >= 11 is 1.88. The highest BCUT2D eigenvalue weighted by molar-refractivity contribution is 7.99. The van der Waals surface area contributed by atoms with Crippen LogP contribution in [0.2, 0.25) is 0 Å². The van der Waals surface area contributed by atoms with Crippen LogP contribution in [0.4, 0.5) is 17.1 Å². The topological polar surface area (TPSA) is 16.4 Å². The molecule has 0 saturated heterocycles. The standard InChI is InChI=1S/C58H39NOS/c1-57(2)46-23-8-6-20-41(46)43-31-30-39(33-50(43)57)59(37-17-4-3-5-18-37)38-19-14-16-36(32-38)40-22-15-27-52-56(40)45-34-44-42-21-7-9-24-47(42)58(51(44)35-53(45)60-52)48-25-10-12-28-54(48)61-55-29-13-11-26-49(55)58/h3-35H,1-2H3. The lowest BCUT2D eigenvalue weighted by atomic mass is 9.67. The van der Waals surface area contributed by atoms with Crippen molar-refractivity contribution in [1.82, 2.24) is 0 Å². The zero-order valence-electron chi connectivity index (χ0n) is 33.8. The molecule has 0 unspecified atom stereocenters. The van der Waals surface area contributed by atoms with Gasteiger partial charge in [-0.25, -0.2) is 0 Å². The quantitative estimate of drug-likeness (QED) is 0.176. The molecule has 0 amide bonds. The maximum absolute atomic E-state index is 6.94. The number of fused-ring (bicyclic) bond motifs is 15. The molecule has 3 aliphatic rings. The van der Waals surface area contributed by atoms with Crippen molar-refractivity contribution in [2.75, 3.05) is 4.90 Å². The average molecular weight is 798 g/mol. The molecule has 0 N–H and O–H groups in total. The second-order valence-corrected chi connectivity index (χ2v) is 18.3. The molecule has 13 rings (SSSR count). The number of anilines is 3. The van der Waals surface area contributed by atoms with Crippen molar-refractivity contribution < 1.29 is 4.42 Å². The van der Waals surface area contributed by atoms with Crippen molar-refractivity contribution in [3.05, 3.63) is 234 Å². The molecule has 1 spiro atoms. The molecule has 0 atom stereocenters. The molecular formula is C58H39NOS. The Morgan fingerprint density at radius 1 is 0.393 bits per heavy atom. The van der Waals surface area contributed by atoms with Crippen molar-refractivity contribution >= 4 is 50.8 Å². The monoisotopic (exact) mass is 797 g/mol. The van der Waals surface area contributed by atoms with Crippen LogP contribution in [-0.2, 0) is 10.8 Å². The van der Waals surface area contributed by atoms with Crippen LogP contribution in [0, 0.1) is 0 Å². The van der Waals surface area contributed by atoms with Gasteiger partial charge in [-0.2, -0.15) is 0 Å². The summed E-state index contributed by atoms with van der Waals surface area (Å²) in [5, 5.41) is 2.27. The lowest BCUT2D eigenvalue weighted by Gasteiger charge is -2.39. The summed E-state index contributed by atoms with van der Waals surface area (Å²) in [7, 11) is 0. The Balaban J connectivity index is 0.999. The van der Waals surface area contributed by atoms with E-state index in [0.29, 0.717) is 0 Å². The molecule has 61 heavy (non-hydrogen) atoms. The lowest BCUT2D eigenvalue weighted by Crippen LogP contribution is -2.31. The van der Waals surface area contributed by atoms with Gasteiger partial charge in [-0.15, -0.1) is 0 Å². The fraction of sp³-hybridized carbons (Fsp3) is 0.0690. The first-order chi connectivity index (χ1) is 30.0. The summed E-state index contributed by atoms with van der Waals surface area (Å²) in [4.78, 5) is 5.00. The van der Waals surface area contributed by atoms with Crippen LogP contribution >= 0.6 is 11.8 Å². The predicted octanol–water partition coefficient (Wildman–Crippen LogP) is 15.9. The molecule has 288 valence electrons. The van der Waals surface area contributed by atoms with Crippen LogP contribution in [0.5, 0.6) is 0 Å². The van der Waals surface area contributed by atoms with Crippen molar-refractivity contribution in [1.29, 1.82) is 0 Å². The first-order valence-electron chi connectivity index (χ1n) is 21.2. The van der Waals surface area contributed by atoms with Crippen molar-refractivity contribution in [3.8, 4) is 33.4 Å². The highest BCUT2D eigenvalue weighted by Gasteiger charge is 2.50. The highest BCUT2D eigenvalue weighted by Crippen LogP contribution is 2.63. The van der Waals surface area contributed by atoms with Crippen molar-refractivity contribution in [3.63, 3.8) is 0 Å². The largest absolute Gasteiger partial charge is 0.456 e. The van der Waals surface area contributed by atoms with Crippen LogP contribution in [0.15, 0.2) is 214 Å². The number of hydrogen-bond acceptors (Lipinski definition) is 3. The number of para-hydroxylation sites is 1. The van der Waals surface area contributed by atoms with Gasteiger partial charge in [0.15, 0.2) is 0 Å². The van der Waals surface area contributed by atoms with Crippen molar-refractivity contribution in [2.24, 2.45) is 0 Å². The summed E-state index contributed by atoms with van der Waals surface area (Å²) in [6.45, 7) is 4.70. The number of furan rings is 1. The minimum Gasteiger partial charge on any atom is -0.456 e. The summed E-state index contributed by atoms with van der Waals surface area (Å²) in [5.74, 6) is 0. The van der Waals surface area contributed by atoms with Gasteiger partial charge in [-0.1, -0.05) is 159 Å². The Kier molecular flexibility index (Phi) is 7.25. The van der Waals surface area contributed by atoms with Crippen molar-refractivity contribution in [2.45, 2.75) is 34.5 Å². The normalized spacial score (nSPS) is 14.6. The Labute approximate surface area is 359 Å². The van der Waals surface area contributed by atoms with Gasteiger partial charge in [0.05, 0.1) is 5.41 Å². The number of rotatable bonds is 4. The van der Waals surface area contributed by atoms with Gasteiger partial charge in [-0.3, -0.25) is 0 Å². The molecule has 2 aliphatic carbocycles. The first kappa shape index (κ1) is 34.8. The summed E-state index contributed by atoms with van der Waals surface area (Å²) in [5.41, 5.74) is 20.1. The van der Waals surface area contributed by atoms with Gasteiger partial charge >= 0.3 is 0 Å². The third kappa shape index (κ3) is 4.75. The summed E-state index contributed by atoms with van der Waals surface area (Å²) in [6.07, 6.45) is 0. The minimum absolute atomic E-state index is 0.104. The van der Waals surface area contributed by atoms with Crippen LogP contribution in [0.3, 0.4) is 0 Å². The van der Waals surface area contributed by atoms with E-state index in [0.717, 1.165) is 50.1 Å². The Morgan fingerprint density at radius 2 is 0.984 bits per heavy atom. The predicted molar refractivity (Wildman–Crippen MR) is 253 cm³/mol. The number of nitrogens with zero attached hydrogens (tertiary/aromatic N) is 1. The molecule has 0 radical (unpaired) electrons. The molecule has 3 heteroatoms. The third-order valence-corrected chi connectivity index (χ3v) is 14.9. The molecule has 0 fully saturated rings. The Hall–Kier alpha value is -7.07. The SMILES string of the molecule is CC1(C)c2ccccc2-c2ccc(N(c3ccccc3)c3cccc(-c4cccc5oc6cc7c(cc6c45)-c4ccccc4C74c5ccccc5Sc5ccccc54)c3)cc21. The zero-order valence-corrected chi connectivity index (χ0v) is 34.6. The van der Waals surface area contributed by atoms with E-state index in [-0.39, 0.29) is 5.41 Å². The molecular weight excluding hydrogens is 759 g/mol. The van der Waals surface area contributed by atoms with Crippen LogP contribution in [-0.4, -0.2) is 0 Å². The van der Waals surface area contributed by atoms with E-state index in [9.17, 15) is 0 Å². The van der Waals surface area contributed by atoms with E-state index in [1.807, 2.05) is 11.8 Å². The second kappa shape index (κ2) is 12.7. The maximum atomic E-state index is 6.94. The Bertz CT molecular complexity index is 3400. The number of hydrogen-bond donors (Lipinski definition) is 0. The fourth-order valence-electron chi connectivity index (χ4n) is 11.1. The Morgan fingerprint density at radius 3 is 1.75 bits per heavy atom. The van der Waals surface area contributed by atoms with Crippen LogP contribution < -0.4 is 4.90 Å². The molecule has 2 nitrogen and oxygen atoms in total. The van der Waals surface area contributed by atoms with Gasteiger partial charge < -0.3 is 9.32 Å². The van der Waals surface area contributed by atoms with E-state index < -0.39 is 5.41 Å². The van der Waals surface area contributed by atoms with Gasteiger partial charge in [-0.05, 0) is 133 Å². The molecule has 1 aromatic heterocycles. The van der Waals surface area contributed by atoms with Gasteiger partial charge in [0.2, 0.25) is 0 Å². The van der Waals surface area contributed by atoms with E-state index in [2.05, 4.69) is 219 Å². The lowest BCUT2D eigenvalue weighted by molar-refractivity contribution is 0.660. The summed E-state index contributed by atoms with van der Waals surface area (Å²) in [6, 6.07) is 73.9. The number of benzene rings is 9. The van der Waals surface area contributed by atoms with E-state index in [4.69, 9.17) is 4.42 Å². The molecule has 0 saturated carbocycles. The molecule has 10 aromatic rings. The van der Waals surface area contributed by atoms with Crippen LogP contribution in [0.25, 0.3) is 55.3 Å². The average Bonchev–Trinajstić information content (AvgIpc) is 3.89. The molecule has 1 aliphatic heterocycles. The fourth-order valence-corrected chi connectivity index (χ4v) is 12.3. The maximum Gasteiger partial charge on any atom is 0.136 e. The third-order valence-electron chi connectivity index (χ3n) is 13.7. The van der Waals surface area contributed by atoms with Gasteiger partial charge in [0, 0.05) is 43.0 Å². The van der Waals surface area contributed by atoms with Gasteiger partial charge in [0.25, 0.3) is 0 Å². The first-order valence-corrected chi connectivity index (χ1v) is 22.0. The van der Waals surface area contributed by atoms with E-state index >= 15 is 0 Å². The van der Waals surface area contributed by atoms with E-state index in [1.165, 1.54) is 65.4 Å². The molecule has 0 bridgehead atoms. The van der Waals surface area contributed by atoms with Gasteiger partial charge in [0.1, 0.15) is 11.2 Å². The van der Waals surface area contributed by atoms with Crippen LogP contribution in [0.1, 0.15) is 47.2 Å². The minimum atomic E-state index is -0.453. The summed E-state index contributed by atoms with van der Waals surface area (Å²) < 4.78 is 6.94. The highest BCUT2D eigenvalue weighted by atomic mass is 32.2. The second-order valence-electron chi connectivity index (χ2n) is 17.2.